The van der Waals surface area contributed by atoms with Crippen LogP contribution >= 0.6 is 11.6 Å². The van der Waals surface area contributed by atoms with Crippen molar-refractivity contribution < 1.29 is 4.92 Å². The van der Waals surface area contributed by atoms with E-state index < -0.39 is 4.92 Å². The summed E-state index contributed by atoms with van der Waals surface area (Å²) in [6, 6.07) is 6.32. The van der Waals surface area contributed by atoms with Crippen LogP contribution in [0.25, 0.3) is 0 Å². The number of hydrogen-bond donors (Lipinski definition) is 0. The van der Waals surface area contributed by atoms with Gasteiger partial charge in [-0.15, -0.1) is 24.8 Å². The number of nitro groups is 1. The predicted octanol–water partition coefficient (Wildman–Crippen LogP) is 3.55. The first-order valence-corrected chi connectivity index (χ1v) is 6.34. The van der Waals surface area contributed by atoms with Crippen molar-refractivity contribution in [1.29, 1.82) is 0 Å². The fraction of sp³-hybridized carbons (Fsp3) is 0.286. The molecule has 0 saturated carbocycles. The van der Waals surface area contributed by atoms with Crippen LogP contribution in [0.15, 0.2) is 49.6 Å². The topological polar surface area (TPSA) is 46.4 Å². The minimum absolute atomic E-state index is 0.0710. The van der Waals surface area contributed by atoms with E-state index in [1.807, 2.05) is 12.2 Å². The Bertz CT molecular complexity index is 435. The van der Waals surface area contributed by atoms with Crippen LogP contribution < -0.4 is 0 Å². The molecule has 0 fully saturated rings. The Morgan fingerprint density at radius 1 is 1.26 bits per heavy atom. The lowest BCUT2D eigenvalue weighted by Crippen LogP contribution is -2.27. The van der Waals surface area contributed by atoms with E-state index in [1.165, 1.54) is 12.1 Å². The summed E-state index contributed by atoms with van der Waals surface area (Å²) in [6.07, 6.45) is 3.62. The molecule has 0 aliphatic heterocycles. The van der Waals surface area contributed by atoms with E-state index in [0.717, 1.165) is 18.7 Å². The van der Waals surface area contributed by atoms with E-state index in [-0.39, 0.29) is 11.1 Å². The highest BCUT2D eigenvalue weighted by Crippen LogP contribution is 2.23. The molecule has 0 amide bonds. The third-order valence-corrected chi connectivity index (χ3v) is 3.05. The van der Waals surface area contributed by atoms with Crippen LogP contribution in [0.2, 0.25) is 0 Å². The Balaban J connectivity index is 2.70. The maximum absolute atomic E-state index is 10.6. The standard InChI is InChI=1S/C14H17ClN2O2/c1-3-9-16(10-4-2)11-14(15)12-5-7-13(8-6-12)17(18)19/h3-8,14H,1-2,9-11H2. The van der Waals surface area contributed by atoms with Gasteiger partial charge in [-0.1, -0.05) is 24.3 Å². The number of hydrogen-bond acceptors (Lipinski definition) is 3. The number of nitro benzene ring substituents is 1. The van der Waals surface area contributed by atoms with E-state index in [9.17, 15) is 10.1 Å². The summed E-state index contributed by atoms with van der Waals surface area (Å²) in [5.41, 5.74) is 0.937. The Kier molecular flexibility index (Phi) is 6.25. The number of halogens is 1. The SMILES string of the molecule is C=CCN(CC=C)CC(Cl)c1ccc([N+](=O)[O-])cc1. The summed E-state index contributed by atoms with van der Waals surface area (Å²) in [5, 5.41) is 10.4. The molecule has 4 nitrogen and oxygen atoms in total. The van der Waals surface area contributed by atoms with Gasteiger partial charge in [0, 0.05) is 31.8 Å². The number of benzene rings is 1. The summed E-state index contributed by atoms with van der Waals surface area (Å²) in [7, 11) is 0. The van der Waals surface area contributed by atoms with Crippen LogP contribution in [0.3, 0.4) is 0 Å². The first kappa shape index (κ1) is 15.4. The Morgan fingerprint density at radius 2 is 1.79 bits per heavy atom. The lowest BCUT2D eigenvalue weighted by Gasteiger charge is -2.22. The van der Waals surface area contributed by atoms with Gasteiger partial charge in [-0.25, -0.2) is 0 Å². The molecule has 0 aliphatic carbocycles. The molecule has 1 aromatic rings. The first-order chi connectivity index (χ1) is 9.08. The van der Waals surface area contributed by atoms with E-state index in [2.05, 4.69) is 18.1 Å². The summed E-state index contributed by atoms with van der Waals surface area (Å²) < 4.78 is 0. The second-order valence-corrected chi connectivity index (χ2v) is 4.64. The van der Waals surface area contributed by atoms with Crippen LogP contribution in [0.4, 0.5) is 5.69 Å². The maximum atomic E-state index is 10.6. The fourth-order valence-corrected chi connectivity index (χ4v) is 2.07. The molecule has 1 rings (SSSR count). The van der Waals surface area contributed by atoms with Crippen LogP contribution in [-0.4, -0.2) is 29.5 Å². The number of alkyl halides is 1. The monoisotopic (exact) mass is 280 g/mol. The lowest BCUT2D eigenvalue weighted by molar-refractivity contribution is -0.384. The third-order valence-electron chi connectivity index (χ3n) is 2.66. The minimum Gasteiger partial charge on any atom is -0.294 e. The van der Waals surface area contributed by atoms with E-state index in [0.29, 0.717) is 6.54 Å². The molecular weight excluding hydrogens is 264 g/mol. The van der Waals surface area contributed by atoms with Gasteiger partial charge in [0.05, 0.1) is 10.3 Å². The highest BCUT2D eigenvalue weighted by atomic mass is 35.5. The highest BCUT2D eigenvalue weighted by Gasteiger charge is 2.13. The van der Waals surface area contributed by atoms with Gasteiger partial charge in [0.1, 0.15) is 0 Å². The molecule has 1 aromatic carbocycles. The van der Waals surface area contributed by atoms with Crippen molar-refractivity contribution in [3.63, 3.8) is 0 Å². The van der Waals surface area contributed by atoms with Crippen molar-refractivity contribution in [1.82, 2.24) is 4.90 Å². The second-order valence-electron chi connectivity index (χ2n) is 4.11. The van der Waals surface area contributed by atoms with Gasteiger partial charge in [0.2, 0.25) is 0 Å². The largest absolute Gasteiger partial charge is 0.294 e. The van der Waals surface area contributed by atoms with Gasteiger partial charge in [-0.3, -0.25) is 15.0 Å². The molecule has 0 spiro atoms. The molecule has 0 heterocycles. The van der Waals surface area contributed by atoms with Crippen molar-refractivity contribution in [2.45, 2.75) is 5.38 Å². The van der Waals surface area contributed by atoms with Gasteiger partial charge < -0.3 is 0 Å². The summed E-state index contributed by atoms with van der Waals surface area (Å²) in [5.74, 6) is 0. The van der Waals surface area contributed by atoms with E-state index in [4.69, 9.17) is 11.6 Å². The minimum atomic E-state index is -0.422. The Hall–Kier alpha value is -1.65. The summed E-state index contributed by atoms with van der Waals surface area (Å²) in [6.45, 7) is 9.48. The van der Waals surface area contributed by atoms with Crippen molar-refractivity contribution in [3.05, 3.63) is 65.3 Å². The first-order valence-electron chi connectivity index (χ1n) is 5.91. The van der Waals surface area contributed by atoms with Crippen molar-refractivity contribution in [2.24, 2.45) is 0 Å². The quantitative estimate of drug-likeness (QED) is 0.317. The average molecular weight is 281 g/mol. The predicted molar refractivity (Wildman–Crippen MR) is 78.5 cm³/mol. The fourth-order valence-electron chi connectivity index (χ4n) is 1.73. The van der Waals surface area contributed by atoms with E-state index in [1.54, 1.807) is 12.1 Å². The summed E-state index contributed by atoms with van der Waals surface area (Å²) >= 11 is 6.32. The van der Waals surface area contributed by atoms with Crippen LogP contribution in [-0.2, 0) is 0 Å². The molecule has 0 N–H and O–H groups in total. The summed E-state index contributed by atoms with van der Waals surface area (Å²) in [4.78, 5) is 12.2. The average Bonchev–Trinajstić information content (AvgIpc) is 2.39. The zero-order valence-electron chi connectivity index (χ0n) is 10.7. The molecule has 0 aliphatic rings. The second kappa shape index (κ2) is 7.71. The molecule has 1 atom stereocenters. The van der Waals surface area contributed by atoms with Crippen LogP contribution in [0.1, 0.15) is 10.9 Å². The Morgan fingerprint density at radius 3 is 2.21 bits per heavy atom. The van der Waals surface area contributed by atoms with Gasteiger partial charge >= 0.3 is 0 Å². The van der Waals surface area contributed by atoms with Gasteiger partial charge in [-0.05, 0) is 5.56 Å². The zero-order chi connectivity index (χ0) is 14.3. The van der Waals surface area contributed by atoms with Gasteiger partial charge in [0.25, 0.3) is 5.69 Å². The maximum Gasteiger partial charge on any atom is 0.269 e. The lowest BCUT2D eigenvalue weighted by atomic mass is 10.1. The molecule has 0 radical (unpaired) electrons. The van der Waals surface area contributed by atoms with Gasteiger partial charge in [-0.2, -0.15) is 0 Å². The number of non-ortho nitro benzene ring substituents is 1. The molecule has 5 heteroatoms. The van der Waals surface area contributed by atoms with Crippen LogP contribution in [0, 0.1) is 10.1 Å². The van der Waals surface area contributed by atoms with Gasteiger partial charge in [0.15, 0.2) is 0 Å². The molecule has 1 unspecified atom stereocenters. The molecule has 102 valence electrons. The van der Waals surface area contributed by atoms with Crippen molar-refractivity contribution in [3.8, 4) is 0 Å². The highest BCUT2D eigenvalue weighted by molar-refractivity contribution is 6.21. The molecule has 0 saturated heterocycles. The third kappa shape index (κ3) is 4.85. The number of rotatable bonds is 8. The van der Waals surface area contributed by atoms with Crippen LogP contribution in [0.5, 0.6) is 0 Å². The smallest absolute Gasteiger partial charge is 0.269 e. The molecular formula is C14H17ClN2O2. The molecule has 19 heavy (non-hydrogen) atoms. The Labute approximate surface area is 118 Å². The molecule has 0 aromatic heterocycles. The van der Waals surface area contributed by atoms with E-state index >= 15 is 0 Å². The normalized spacial score (nSPS) is 12.1. The van der Waals surface area contributed by atoms with Crippen molar-refractivity contribution in [2.75, 3.05) is 19.6 Å². The number of nitrogens with zero attached hydrogens (tertiary/aromatic N) is 2. The van der Waals surface area contributed by atoms with Crippen molar-refractivity contribution >= 4 is 17.3 Å². The molecule has 0 bridgehead atoms. The zero-order valence-corrected chi connectivity index (χ0v) is 11.4.